The van der Waals surface area contributed by atoms with E-state index < -0.39 is 0 Å². The van der Waals surface area contributed by atoms with Crippen molar-refractivity contribution in [2.45, 2.75) is 20.8 Å². The van der Waals surface area contributed by atoms with Gasteiger partial charge in [-0.05, 0) is 24.5 Å². The average molecular weight is 245 g/mol. The summed E-state index contributed by atoms with van der Waals surface area (Å²) in [5.74, 6) is 1.30. The van der Waals surface area contributed by atoms with Gasteiger partial charge in [-0.25, -0.2) is 0 Å². The normalized spacial score (nSPS) is 12.7. The van der Waals surface area contributed by atoms with Crippen LogP contribution in [-0.4, -0.2) is 21.3 Å². The first-order valence-corrected chi connectivity index (χ1v) is 5.91. The van der Waals surface area contributed by atoms with E-state index in [1.807, 2.05) is 24.6 Å². The standard InChI is InChI=1S/C13H19N5/c1-10(2)8-15-12(7-14)6-5-11(3)13-17-16-9-18(13)4/h5-6,9-10,15H,8H2,1-4H3/b11-5+,12-6-. The van der Waals surface area contributed by atoms with Crippen molar-refractivity contribution in [1.82, 2.24) is 20.1 Å². The lowest BCUT2D eigenvalue weighted by molar-refractivity contribution is 0.603. The SMILES string of the molecule is C/C(=C\C=C(\C#N)NCC(C)C)c1nncn1C. The lowest BCUT2D eigenvalue weighted by Gasteiger charge is -2.06. The minimum absolute atomic E-state index is 0.505. The van der Waals surface area contributed by atoms with E-state index >= 15 is 0 Å². The van der Waals surface area contributed by atoms with Crippen LogP contribution in [0.4, 0.5) is 0 Å². The number of rotatable bonds is 5. The first-order chi connectivity index (χ1) is 8.54. The lowest BCUT2D eigenvalue weighted by atomic mass is 10.2. The van der Waals surface area contributed by atoms with Gasteiger partial charge in [0.25, 0.3) is 0 Å². The number of aromatic nitrogens is 3. The molecule has 0 aliphatic heterocycles. The molecule has 0 aromatic carbocycles. The van der Waals surface area contributed by atoms with E-state index in [0.717, 1.165) is 17.9 Å². The molecule has 18 heavy (non-hydrogen) atoms. The second kappa shape index (κ2) is 6.60. The van der Waals surface area contributed by atoms with Crippen molar-refractivity contribution >= 4 is 5.57 Å². The summed E-state index contributed by atoms with van der Waals surface area (Å²) in [6, 6.07) is 2.14. The maximum absolute atomic E-state index is 8.99. The molecule has 0 unspecified atom stereocenters. The van der Waals surface area contributed by atoms with E-state index in [4.69, 9.17) is 5.26 Å². The number of nitrogens with zero attached hydrogens (tertiary/aromatic N) is 4. The first-order valence-electron chi connectivity index (χ1n) is 5.91. The Balaban J connectivity index is 2.76. The molecule has 1 N–H and O–H groups in total. The predicted molar refractivity (Wildman–Crippen MR) is 71.2 cm³/mol. The smallest absolute Gasteiger partial charge is 0.159 e. The van der Waals surface area contributed by atoms with E-state index in [9.17, 15) is 0 Å². The van der Waals surface area contributed by atoms with Gasteiger partial charge < -0.3 is 9.88 Å². The number of aryl methyl sites for hydroxylation is 1. The fourth-order valence-corrected chi connectivity index (χ4v) is 1.37. The molecule has 1 aromatic heterocycles. The van der Waals surface area contributed by atoms with Gasteiger partial charge in [0.2, 0.25) is 0 Å². The molecule has 0 aliphatic carbocycles. The third kappa shape index (κ3) is 4.06. The lowest BCUT2D eigenvalue weighted by Crippen LogP contribution is -2.17. The number of nitrogens with one attached hydrogen (secondary N) is 1. The first kappa shape index (κ1) is 14.0. The molecular weight excluding hydrogens is 226 g/mol. The molecule has 0 saturated carbocycles. The second-order valence-corrected chi connectivity index (χ2v) is 4.58. The quantitative estimate of drug-likeness (QED) is 0.635. The predicted octanol–water partition coefficient (Wildman–Crippen LogP) is 1.87. The Hall–Kier alpha value is -2.09. The highest BCUT2D eigenvalue weighted by molar-refractivity contribution is 5.59. The van der Waals surface area contributed by atoms with E-state index in [0.29, 0.717) is 11.6 Å². The maximum atomic E-state index is 8.99. The van der Waals surface area contributed by atoms with Gasteiger partial charge in [0.15, 0.2) is 5.82 Å². The molecular formula is C13H19N5. The molecule has 0 atom stereocenters. The van der Waals surface area contributed by atoms with Crippen LogP contribution in [0.2, 0.25) is 0 Å². The molecule has 0 aliphatic rings. The average Bonchev–Trinajstić information content (AvgIpc) is 2.75. The molecule has 5 nitrogen and oxygen atoms in total. The molecule has 1 heterocycles. The van der Waals surface area contributed by atoms with Crippen LogP contribution < -0.4 is 5.32 Å². The van der Waals surface area contributed by atoms with Gasteiger partial charge >= 0.3 is 0 Å². The van der Waals surface area contributed by atoms with Crippen LogP contribution >= 0.6 is 0 Å². The van der Waals surface area contributed by atoms with Gasteiger partial charge in [-0.3, -0.25) is 0 Å². The Morgan fingerprint density at radius 1 is 1.56 bits per heavy atom. The Bertz CT molecular complexity index is 488. The highest BCUT2D eigenvalue weighted by Gasteiger charge is 2.02. The van der Waals surface area contributed by atoms with Crippen LogP contribution in [0.15, 0.2) is 24.2 Å². The molecule has 0 saturated heterocycles. The van der Waals surface area contributed by atoms with Gasteiger partial charge in [0.05, 0.1) is 0 Å². The van der Waals surface area contributed by atoms with Crippen LogP contribution in [0.3, 0.4) is 0 Å². The zero-order valence-electron chi connectivity index (χ0n) is 11.3. The summed E-state index contributed by atoms with van der Waals surface area (Å²) in [6.45, 7) is 6.93. The molecule has 5 heteroatoms. The van der Waals surface area contributed by atoms with Gasteiger partial charge in [-0.15, -0.1) is 10.2 Å². The van der Waals surface area contributed by atoms with Crippen molar-refractivity contribution in [3.63, 3.8) is 0 Å². The van der Waals surface area contributed by atoms with Gasteiger partial charge in [-0.1, -0.05) is 19.9 Å². The number of hydrogen-bond acceptors (Lipinski definition) is 4. The summed E-state index contributed by atoms with van der Waals surface area (Å²) in [5.41, 5.74) is 1.53. The maximum Gasteiger partial charge on any atom is 0.159 e. The van der Waals surface area contributed by atoms with E-state index in [-0.39, 0.29) is 0 Å². The van der Waals surface area contributed by atoms with Crippen molar-refractivity contribution in [2.24, 2.45) is 13.0 Å². The van der Waals surface area contributed by atoms with Gasteiger partial charge in [0.1, 0.15) is 18.1 Å². The van der Waals surface area contributed by atoms with Crippen molar-refractivity contribution < 1.29 is 0 Å². The van der Waals surface area contributed by atoms with Crippen LogP contribution in [0, 0.1) is 17.2 Å². The minimum atomic E-state index is 0.505. The Labute approximate surface area is 108 Å². The summed E-state index contributed by atoms with van der Waals surface area (Å²) in [6.07, 6.45) is 5.29. The molecule has 0 fully saturated rings. The van der Waals surface area contributed by atoms with Crippen molar-refractivity contribution in [3.05, 3.63) is 30.0 Å². The summed E-state index contributed by atoms with van der Waals surface area (Å²) >= 11 is 0. The summed E-state index contributed by atoms with van der Waals surface area (Å²) in [4.78, 5) is 0. The molecule has 0 radical (unpaired) electrons. The van der Waals surface area contributed by atoms with Gasteiger partial charge in [-0.2, -0.15) is 5.26 Å². The summed E-state index contributed by atoms with van der Waals surface area (Å²) in [7, 11) is 1.89. The Morgan fingerprint density at radius 3 is 2.78 bits per heavy atom. The van der Waals surface area contributed by atoms with Crippen molar-refractivity contribution in [2.75, 3.05) is 6.54 Å². The summed E-state index contributed by atoms with van der Waals surface area (Å²) < 4.78 is 1.84. The summed E-state index contributed by atoms with van der Waals surface area (Å²) in [5, 5.41) is 19.9. The fourth-order valence-electron chi connectivity index (χ4n) is 1.37. The van der Waals surface area contributed by atoms with Crippen molar-refractivity contribution in [1.29, 1.82) is 5.26 Å². The number of hydrogen-bond donors (Lipinski definition) is 1. The second-order valence-electron chi connectivity index (χ2n) is 4.58. The van der Waals surface area contributed by atoms with E-state index in [1.165, 1.54) is 0 Å². The number of nitriles is 1. The topological polar surface area (TPSA) is 66.5 Å². The Kier molecular flexibility index (Phi) is 5.12. The minimum Gasteiger partial charge on any atom is -0.376 e. The molecule has 0 amide bonds. The monoisotopic (exact) mass is 245 g/mol. The van der Waals surface area contributed by atoms with Crippen LogP contribution in [-0.2, 0) is 7.05 Å². The molecule has 0 spiro atoms. The fraction of sp³-hybridized carbons (Fsp3) is 0.462. The zero-order valence-corrected chi connectivity index (χ0v) is 11.3. The third-order valence-electron chi connectivity index (χ3n) is 2.39. The third-order valence-corrected chi connectivity index (χ3v) is 2.39. The highest BCUT2D eigenvalue weighted by atomic mass is 15.2. The largest absolute Gasteiger partial charge is 0.376 e. The zero-order chi connectivity index (χ0) is 13.5. The van der Waals surface area contributed by atoms with Gasteiger partial charge in [0, 0.05) is 13.6 Å². The van der Waals surface area contributed by atoms with E-state index in [2.05, 4.69) is 35.4 Å². The van der Waals surface area contributed by atoms with Crippen LogP contribution in [0.5, 0.6) is 0 Å². The molecule has 1 aromatic rings. The van der Waals surface area contributed by atoms with Crippen molar-refractivity contribution in [3.8, 4) is 6.07 Å². The van der Waals surface area contributed by atoms with Crippen LogP contribution in [0.25, 0.3) is 5.57 Å². The number of allylic oxidation sites excluding steroid dienone is 4. The van der Waals surface area contributed by atoms with E-state index in [1.54, 1.807) is 12.4 Å². The molecule has 1 rings (SSSR count). The molecule has 96 valence electrons. The van der Waals surface area contributed by atoms with Crippen LogP contribution in [0.1, 0.15) is 26.6 Å². The highest BCUT2D eigenvalue weighted by Crippen LogP contribution is 2.09. The molecule has 0 bridgehead atoms. The Morgan fingerprint density at radius 2 is 2.28 bits per heavy atom.